The van der Waals surface area contributed by atoms with Crippen LogP contribution in [-0.2, 0) is 21.2 Å². The summed E-state index contributed by atoms with van der Waals surface area (Å²) in [6, 6.07) is 14.0. The molecule has 38 heavy (non-hydrogen) atoms. The maximum absolute atomic E-state index is 13.3. The van der Waals surface area contributed by atoms with Crippen molar-refractivity contribution in [3.63, 3.8) is 0 Å². The zero-order valence-electron chi connectivity index (χ0n) is 19.4. The molecule has 1 saturated carbocycles. The number of hydrogen-bond donors (Lipinski definition) is 0. The molecule has 1 saturated heterocycles. The van der Waals surface area contributed by atoms with Gasteiger partial charge in [-0.1, -0.05) is 18.2 Å². The summed E-state index contributed by atoms with van der Waals surface area (Å²) in [5.74, 6) is -0.947. The maximum Gasteiger partial charge on any atom is 0.501 e. The summed E-state index contributed by atoms with van der Waals surface area (Å²) in [6.45, 7) is -0.0459. The van der Waals surface area contributed by atoms with E-state index in [1.54, 1.807) is 36.4 Å². The van der Waals surface area contributed by atoms with Gasteiger partial charge in [-0.05, 0) is 66.9 Å². The van der Waals surface area contributed by atoms with E-state index in [0.717, 1.165) is 17.0 Å². The van der Waals surface area contributed by atoms with E-state index in [0.29, 0.717) is 36.3 Å². The van der Waals surface area contributed by atoms with Crippen LogP contribution in [0.15, 0.2) is 77.8 Å². The maximum atomic E-state index is 13.3. The average Bonchev–Trinajstić information content (AvgIpc) is 3.66. The largest absolute Gasteiger partial charge is 0.501 e. The molecule has 1 aliphatic carbocycles. The molecule has 1 aliphatic heterocycles. The first-order valence-corrected chi connectivity index (χ1v) is 12.7. The molecule has 1 spiro atoms. The zero-order valence-corrected chi connectivity index (χ0v) is 20.2. The lowest BCUT2D eigenvalue weighted by Gasteiger charge is -2.21. The van der Waals surface area contributed by atoms with Crippen LogP contribution in [-0.4, -0.2) is 47.3 Å². The van der Waals surface area contributed by atoms with Crippen LogP contribution in [0.1, 0.15) is 28.9 Å². The molecule has 196 valence electrons. The van der Waals surface area contributed by atoms with Gasteiger partial charge in [0.1, 0.15) is 17.0 Å². The first kappa shape index (κ1) is 25.4. The quantitative estimate of drug-likeness (QED) is 0.260. The molecule has 5 rings (SSSR count). The topological polar surface area (TPSA) is 114 Å². The molecule has 1 aromatic heterocycles. The highest BCUT2D eigenvalue weighted by molar-refractivity contribution is 7.92. The molecule has 3 amide bonds. The molecular weight excluding hydrogens is 527 g/mol. The van der Waals surface area contributed by atoms with Gasteiger partial charge in [-0.3, -0.25) is 4.79 Å². The summed E-state index contributed by atoms with van der Waals surface area (Å²) >= 11 is 0. The Bertz CT molecular complexity index is 1540. The van der Waals surface area contributed by atoms with Crippen molar-refractivity contribution >= 4 is 33.4 Å². The summed E-state index contributed by atoms with van der Waals surface area (Å²) < 4.78 is 67.1. The first-order chi connectivity index (χ1) is 17.9. The molecule has 2 aliphatic rings. The second-order valence-corrected chi connectivity index (χ2v) is 10.7. The van der Waals surface area contributed by atoms with Crippen LogP contribution in [0, 0.1) is 0 Å². The molecule has 13 heteroatoms. The number of rotatable bonds is 6. The van der Waals surface area contributed by atoms with Gasteiger partial charge in [0, 0.05) is 12.7 Å². The molecule has 0 bridgehead atoms. The lowest BCUT2D eigenvalue weighted by Crippen LogP contribution is -2.36. The number of alkyl halides is 3. The number of esters is 1. The molecule has 2 heterocycles. The number of urea groups is 1. The number of anilines is 1. The van der Waals surface area contributed by atoms with Crippen molar-refractivity contribution in [2.75, 3.05) is 4.90 Å². The van der Waals surface area contributed by atoms with E-state index in [1.165, 1.54) is 17.2 Å². The molecule has 2 aromatic carbocycles. The normalized spacial score (nSPS) is 16.7. The van der Waals surface area contributed by atoms with E-state index in [-0.39, 0.29) is 17.9 Å². The minimum atomic E-state index is -5.58. The van der Waals surface area contributed by atoms with Gasteiger partial charge >= 0.3 is 17.5 Å². The Morgan fingerprint density at radius 2 is 1.66 bits per heavy atom. The third-order valence-electron chi connectivity index (χ3n) is 6.30. The van der Waals surface area contributed by atoms with Gasteiger partial charge < -0.3 is 9.64 Å². The van der Waals surface area contributed by atoms with Crippen LogP contribution in [0.2, 0.25) is 0 Å². The second kappa shape index (κ2) is 8.94. The van der Waals surface area contributed by atoms with E-state index >= 15 is 0 Å². The predicted molar refractivity (Wildman–Crippen MR) is 126 cm³/mol. The SMILES string of the molecule is O=C(Oc1ccccc1)c1cc(CN2C(=O)N(c3ccc(S(=O)(=O)C(F)(F)F)cc3)C(=O)C23CC3)ccn1. The number of carbonyl (C=O) groups excluding carboxylic acids is 3. The standard InChI is InChI=1S/C25H18F3N3O6S/c26-25(27,28)38(35,36)19-8-6-17(7-9-19)31-22(33)24(11-12-24)30(23(31)34)15-16-10-13-29-20(14-16)21(32)37-18-4-2-1-3-5-18/h1-10,13-14H,11-12,15H2. The summed E-state index contributed by atoms with van der Waals surface area (Å²) in [5, 5.41) is 0. The number of aromatic nitrogens is 1. The van der Waals surface area contributed by atoms with Crippen molar-refractivity contribution in [3.8, 4) is 5.75 Å². The van der Waals surface area contributed by atoms with Gasteiger partial charge in [0.15, 0.2) is 0 Å². The Hall–Kier alpha value is -4.26. The Morgan fingerprint density at radius 3 is 2.26 bits per heavy atom. The van der Waals surface area contributed by atoms with Crippen LogP contribution in [0.25, 0.3) is 0 Å². The van der Waals surface area contributed by atoms with E-state index in [4.69, 9.17) is 4.74 Å². The Labute approximate surface area is 214 Å². The van der Waals surface area contributed by atoms with Crippen LogP contribution in [0.5, 0.6) is 5.75 Å². The molecule has 0 atom stereocenters. The molecular formula is C25H18F3N3O6S. The van der Waals surface area contributed by atoms with Crippen molar-refractivity contribution in [1.29, 1.82) is 0 Å². The minimum Gasteiger partial charge on any atom is -0.422 e. The van der Waals surface area contributed by atoms with Gasteiger partial charge in [0.05, 0.1) is 10.6 Å². The Balaban J connectivity index is 1.37. The molecule has 9 nitrogen and oxygen atoms in total. The van der Waals surface area contributed by atoms with Gasteiger partial charge in [0.2, 0.25) is 0 Å². The number of benzene rings is 2. The van der Waals surface area contributed by atoms with Gasteiger partial charge in [-0.15, -0.1) is 0 Å². The van der Waals surface area contributed by atoms with Crippen LogP contribution >= 0.6 is 0 Å². The highest BCUT2D eigenvalue weighted by Gasteiger charge is 2.65. The summed E-state index contributed by atoms with van der Waals surface area (Å²) in [7, 11) is -5.58. The van der Waals surface area contributed by atoms with Crippen molar-refractivity contribution in [2.24, 2.45) is 0 Å². The van der Waals surface area contributed by atoms with Gasteiger partial charge in [0.25, 0.3) is 15.7 Å². The lowest BCUT2D eigenvalue weighted by molar-refractivity contribution is -0.120. The van der Waals surface area contributed by atoms with E-state index < -0.39 is 43.7 Å². The number of nitrogens with zero attached hydrogens (tertiary/aromatic N) is 3. The van der Waals surface area contributed by atoms with Crippen molar-refractivity contribution in [3.05, 3.63) is 84.2 Å². The fourth-order valence-corrected chi connectivity index (χ4v) is 4.95. The van der Waals surface area contributed by atoms with Gasteiger partial charge in [-0.25, -0.2) is 27.9 Å². The third-order valence-corrected chi connectivity index (χ3v) is 7.80. The van der Waals surface area contributed by atoms with E-state index in [1.807, 2.05) is 0 Å². The molecule has 0 unspecified atom stereocenters. The Morgan fingerprint density at radius 1 is 1.00 bits per heavy atom. The van der Waals surface area contributed by atoms with Crippen LogP contribution in [0.4, 0.5) is 23.7 Å². The number of carbonyl (C=O) groups is 3. The number of imide groups is 1. The van der Waals surface area contributed by atoms with Crippen molar-refractivity contribution < 1.29 is 40.7 Å². The fourth-order valence-electron chi connectivity index (χ4n) is 4.19. The van der Waals surface area contributed by atoms with E-state index in [2.05, 4.69) is 4.98 Å². The predicted octanol–water partition coefficient (Wildman–Crippen LogP) is 4.10. The van der Waals surface area contributed by atoms with Crippen LogP contribution in [0.3, 0.4) is 0 Å². The average molecular weight is 545 g/mol. The number of pyridine rings is 1. The number of ether oxygens (including phenoxy) is 1. The lowest BCUT2D eigenvalue weighted by atomic mass is 10.1. The fraction of sp³-hybridized carbons (Fsp3) is 0.200. The molecule has 0 radical (unpaired) electrons. The zero-order chi connectivity index (χ0) is 27.3. The highest BCUT2D eigenvalue weighted by Crippen LogP contribution is 2.49. The Kier molecular flexibility index (Phi) is 5.97. The second-order valence-electron chi connectivity index (χ2n) is 8.74. The van der Waals surface area contributed by atoms with Crippen LogP contribution < -0.4 is 9.64 Å². The number of amides is 3. The highest BCUT2D eigenvalue weighted by atomic mass is 32.2. The van der Waals surface area contributed by atoms with Crippen molar-refractivity contribution in [1.82, 2.24) is 9.88 Å². The summed E-state index contributed by atoms with van der Waals surface area (Å²) in [4.78, 5) is 44.2. The number of hydrogen-bond acceptors (Lipinski definition) is 7. The summed E-state index contributed by atoms with van der Waals surface area (Å²) in [5.41, 5.74) is -6.17. The van der Waals surface area contributed by atoms with Crippen molar-refractivity contribution in [2.45, 2.75) is 35.3 Å². The monoisotopic (exact) mass is 545 g/mol. The summed E-state index contributed by atoms with van der Waals surface area (Å²) in [6.07, 6.45) is 2.13. The third kappa shape index (κ3) is 4.28. The molecule has 0 N–H and O–H groups in total. The first-order valence-electron chi connectivity index (χ1n) is 11.2. The minimum absolute atomic E-state index is 0.00695. The molecule has 2 fully saturated rings. The smallest absolute Gasteiger partial charge is 0.422 e. The number of para-hydroxylation sites is 1. The van der Waals surface area contributed by atoms with E-state index in [9.17, 15) is 36.0 Å². The number of halogens is 3. The molecule has 3 aromatic rings. The number of sulfone groups is 1. The van der Waals surface area contributed by atoms with Gasteiger partial charge in [-0.2, -0.15) is 13.2 Å².